The first-order valence-electron chi connectivity index (χ1n) is 6.52. The maximum atomic E-state index is 14.0. The molecule has 0 spiro atoms. The lowest BCUT2D eigenvalue weighted by Gasteiger charge is -2.39. The molecule has 0 saturated heterocycles. The molecule has 108 valence electrons. The molecule has 1 atom stereocenters. The van der Waals surface area contributed by atoms with Crippen LogP contribution in [0.15, 0.2) is 54.6 Å². The summed E-state index contributed by atoms with van der Waals surface area (Å²) < 4.78 is 28.0. The summed E-state index contributed by atoms with van der Waals surface area (Å²) in [6.45, 7) is 0.0991. The van der Waals surface area contributed by atoms with E-state index in [-0.39, 0.29) is 12.1 Å². The number of benzene rings is 2. The summed E-state index contributed by atoms with van der Waals surface area (Å²) in [6, 6.07) is 15.1. The molecule has 1 N–H and O–H groups in total. The summed E-state index contributed by atoms with van der Waals surface area (Å²) in [4.78, 5) is 13.0. The van der Waals surface area contributed by atoms with Crippen LogP contribution in [-0.2, 0) is 6.54 Å². The predicted octanol–water partition coefficient (Wildman–Crippen LogP) is 2.84. The molecule has 0 saturated carbocycles. The molecule has 0 radical (unpaired) electrons. The molecule has 0 amide bonds. The van der Waals surface area contributed by atoms with Gasteiger partial charge in [-0.1, -0.05) is 42.5 Å². The number of carbonyl (C=O) groups excluding carboxylic acids is 1. The molecule has 1 aliphatic rings. The number of Topliss-reactive ketones (excluding diaryl/α,β-unsaturated/α-hetero) is 1. The Kier molecular flexibility index (Phi) is 3.22. The van der Waals surface area contributed by atoms with Gasteiger partial charge in [0.1, 0.15) is 0 Å². The second kappa shape index (κ2) is 4.93. The molecular formula is C16H13F2NO2. The molecule has 1 unspecified atom stereocenters. The van der Waals surface area contributed by atoms with Crippen molar-refractivity contribution in [2.24, 2.45) is 0 Å². The fourth-order valence-corrected chi connectivity index (χ4v) is 2.49. The van der Waals surface area contributed by atoms with Crippen molar-refractivity contribution in [1.29, 1.82) is 0 Å². The van der Waals surface area contributed by atoms with E-state index in [0.717, 1.165) is 10.5 Å². The smallest absolute Gasteiger partial charge is 0.353 e. The minimum absolute atomic E-state index is 0.0660. The second-order valence-corrected chi connectivity index (χ2v) is 4.96. The highest BCUT2D eigenvalue weighted by Crippen LogP contribution is 2.39. The number of aliphatic hydroxyl groups is 1. The van der Waals surface area contributed by atoms with Crippen LogP contribution in [0.3, 0.4) is 0 Å². The van der Waals surface area contributed by atoms with E-state index >= 15 is 0 Å². The number of alkyl halides is 2. The van der Waals surface area contributed by atoms with Crippen LogP contribution in [-0.4, -0.2) is 23.0 Å². The van der Waals surface area contributed by atoms with Gasteiger partial charge in [-0.3, -0.25) is 4.79 Å². The first-order chi connectivity index (χ1) is 10.0. The molecule has 3 rings (SSSR count). The second-order valence-electron chi connectivity index (χ2n) is 4.96. The van der Waals surface area contributed by atoms with Crippen LogP contribution in [0, 0.1) is 0 Å². The molecule has 0 bridgehead atoms. The molecule has 3 nitrogen and oxygen atoms in total. The number of halogens is 2. The van der Waals surface area contributed by atoms with Gasteiger partial charge >= 0.3 is 5.92 Å². The molecule has 2 aromatic rings. The normalized spacial score (nSPS) is 20.2. The summed E-state index contributed by atoms with van der Waals surface area (Å²) in [6.07, 6.45) is -2.17. The lowest BCUT2D eigenvalue weighted by atomic mass is 9.95. The van der Waals surface area contributed by atoms with Gasteiger partial charge in [0.05, 0.1) is 5.69 Å². The average Bonchev–Trinajstić information content (AvgIpc) is 2.51. The Hall–Kier alpha value is -2.27. The number of aliphatic hydroxyl groups excluding tert-OH is 1. The number of hydrogen-bond acceptors (Lipinski definition) is 3. The monoisotopic (exact) mass is 289 g/mol. The Bertz CT molecular complexity index is 673. The number of fused-ring (bicyclic) bond motifs is 1. The number of hydrogen-bond donors (Lipinski definition) is 1. The predicted molar refractivity (Wildman–Crippen MR) is 74.4 cm³/mol. The van der Waals surface area contributed by atoms with Crippen LogP contribution in [0.5, 0.6) is 0 Å². The Morgan fingerprint density at radius 2 is 1.67 bits per heavy atom. The highest BCUT2D eigenvalue weighted by atomic mass is 19.3. The Morgan fingerprint density at radius 3 is 2.38 bits per heavy atom. The van der Waals surface area contributed by atoms with Crippen molar-refractivity contribution in [2.45, 2.75) is 18.7 Å². The van der Waals surface area contributed by atoms with E-state index < -0.39 is 17.9 Å². The minimum Gasteiger partial charge on any atom is -0.368 e. The molecule has 1 aliphatic heterocycles. The fraction of sp³-hybridized carbons (Fsp3) is 0.188. The van der Waals surface area contributed by atoms with Gasteiger partial charge in [-0.25, -0.2) is 0 Å². The summed E-state index contributed by atoms with van der Waals surface area (Å²) in [7, 11) is 0. The summed E-state index contributed by atoms with van der Waals surface area (Å²) >= 11 is 0. The topological polar surface area (TPSA) is 40.5 Å². The molecule has 0 aliphatic carbocycles. The van der Waals surface area contributed by atoms with E-state index in [4.69, 9.17) is 0 Å². The third-order valence-corrected chi connectivity index (χ3v) is 3.58. The third-order valence-electron chi connectivity index (χ3n) is 3.58. The van der Waals surface area contributed by atoms with Crippen LogP contribution in [0.2, 0.25) is 0 Å². The number of rotatable bonds is 2. The third kappa shape index (κ3) is 2.19. The minimum atomic E-state index is -3.82. The number of para-hydroxylation sites is 1. The summed E-state index contributed by atoms with van der Waals surface area (Å²) in [5.41, 5.74) is 1.03. The number of ketones is 1. The van der Waals surface area contributed by atoms with Crippen LogP contribution in [0.4, 0.5) is 14.5 Å². The zero-order valence-electron chi connectivity index (χ0n) is 11.0. The van der Waals surface area contributed by atoms with Gasteiger partial charge in [-0.05, 0) is 17.7 Å². The highest BCUT2D eigenvalue weighted by Gasteiger charge is 2.54. The van der Waals surface area contributed by atoms with Crippen molar-refractivity contribution in [3.8, 4) is 0 Å². The van der Waals surface area contributed by atoms with Crippen LogP contribution >= 0.6 is 0 Å². The zero-order valence-corrected chi connectivity index (χ0v) is 11.0. The van der Waals surface area contributed by atoms with E-state index in [1.54, 1.807) is 36.4 Å². The number of carbonyl (C=O) groups is 1. The first-order valence-corrected chi connectivity index (χ1v) is 6.52. The molecule has 5 heteroatoms. The molecule has 0 aromatic heterocycles. The van der Waals surface area contributed by atoms with Gasteiger partial charge in [-0.2, -0.15) is 8.78 Å². The van der Waals surface area contributed by atoms with E-state index in [1.807, 2.05) is 6.07 Å². The van der Waals surface area contributed by atoms with Crippen molar-refractivity contribution in [3.63, 3.8) is 0 Å². The Morgan fingerprint density at radius 1 is 1.05 bits per heavy atom. The van der Waals surface area contributed by atoms with Crippen molar-refractivity contribution in [1.82, 2.24) is 0 Å². The van der Waals surface area contributed by atoms with E-state index in [9.17, 15) is 18.7 Å². The standard InChI is InChI=1S/C16H13F2NO2/c17-16(18)14(20)12-8-4-5-9-13(12)19(15(16)21)10-11-6-2-1-3-7-11/h1-9,15,21H,10H2. The van der Waals surface area contributed by atoms with Crippen molar-refractivity contribution >= 4 is 11.5 Å². The largest absolute Gasteiger partial charge is 0.368 e. The Labute approximate surface area is 120 Å². The highest BCUT2D eigenvalue weighted by molar-refractivity contribution is 6.08. The zero-order chi connectivity index (χ0) is 15.0. The van der Waals surface area contributed by atoms with Crippen LogP contribution in [0.1, 0.15) is 15.9 Å². The fourth-order valence-electron chi connectivity index (χ4n) is 2.49. The average molecular weight is 289 g/mol. The molecule has 21 heavy (non-hydrogen) atoms. The molecule has 0 fully saturated rings. The number of anilines is 1. The first kappa shape index (κ1) is 13.7. The van der Waals surface area contributed by atoms with Gasteiger partial charge in [0.15, 0.2) is 0 Å². The SMILES string of the molecule is O=C1c2ccccc2N(Cc2ccccc2)C(O)C1(F)F. The van der Waals surface area contributed by atoms with Gasteiger partial charge in [0.2, 0.25) is 12.0 Å². The van der Waals surface area contributed by atoms with Gasteiger partial charge in [0.25, 0.3) is 0 Å². The lowest BCUT2D eigenvalue weighted by Crippen LogP contribution is -2.56. The number of nitrogens with zero attached hydrogens (tertiary/aromatic N) is 1. The van der Waals surface area contributed by atoms with E-state index in [0.29, 0.717) is 5.69 Å². The van der Waals surface area contributed by atoms with Crippen molar-refractivity contribution < 1.29 is 18.7 Å². The molecule has 2 aromatic carbocycles. The van der Waals surface area contributed by atoms with Gasteiger partial charge < -0.3 is 10.0 Å². The Balaban J connectivity index is 2.06. The lowest BCUT2D eigenvalue weighted by molar-refractivity contribution is -0.0814. The van der Waals surface area contributed by atoms with Crippen molar-refractivity contribution in [3.05, 3.63) is 65.7 Å². The van der Waals surface area contributed by atoms with Crippen molar-refractivity contribution in [2.75, 3.05) is 4.90 Å². The van der Waals surface area contributed by atoms with Crippen LogP contribution < -0.4 is 4.90 Å². The van der Waals surface area contributed by atoms with Gasteiger partial charge in [0, 0.05) is 12.1 Å². The molecule has 1 heterocycles. The maximum absolute atomic E-state index is 14.0. The maximum Gasteiger partial charge on any atom is 0.353 e. The van der Waals surface area contributed by atoms with E-state index in [1.165, 1.54) is 12.1 Å². The summed E-state index contributed by atoms with van der Waals surface area (Å²) in [5, 5.41) is 9.93. The molecular weight excluding hydrogens is 276 g/mol. The van der Waals surface area contributed by atoms with Crippen LogP contribution in [0.25, 0.3) is 0 Å². The quantitative estimate of drug-likeness (QED) is 0.924. The summed E-state index contributed by atoms with van der Waals surface area (Å²) in [5.74, 6) is -5.15. The van der Waals surface area contributed by atoms with Gasteiger partial charge in [-0.15, -0.1) is 0 Å². The van der Waals surface area contributed by atoms with E-state index in [2.05, 4.69) is 0 Å².